The fourth-order valence-corrected chi connectivity index (χ4v) is 1.96. The quantitative estimate of drug-likeness (QED) is 0.694. The summed E-state index contributed by atoms with van der Waals surface area (Å²) in [6.07, 6.45) is 0. The number of hydrogen-bond acceptors (Lipinski definition) is 4. The molecule has 3 N–H and O–H groups in total. The number of carbonyl (C=O) groups is 3. The van der Waals surface area contributed by atoms with Crippen molar-refractivity contribution in [2.75, 3.05) is 5.32 Å². The first-order valence-electron chi connectivity index (χ1n) is 7.13. The molecule has 0 atom stereocenters. The van der Waals surface area contributed by atoms with Crippen LogP contribution < -0.4 is 10.1 Å². The van der Waals surface area contributed by atoms with E-state index in [2.05, 4.69) is 11.9 Å². The Bertz CT molecular complexity index is 872. The molecular weight excluding hydrogens is 326 g/mol. The molecule has 0 heterocycles. The number of rotatable bonds is 6. The third kappa shape index (κ3) is 4.44. The zero-order valence-corrected chi connectivity index (χ0v) is 13.3. The molecule has 7 heteroatoms. The summed E-state index contributed by atoms with van der Waals surface area (Å²) in [4.78, 5) is 33.9. The van der Waals surface area contributed by atoms with E-state index in [0.717, 1.165) is 12.1 Å². The molecule has 0 spiro atoms. The molecule has 0 saturated heterocycles. The van der Waals surface area contributed by atoms with Crippen molar-refractivity contribution in [2.45, 2.75) is 6.92 Å². The number of benzene rings is 2. The molecule has 2 aromatic carbocycles. The maximum absolute atomic E-state index is 11.6. The fourth-order valence-electron chi connectivity index (χ4n) is 1.96. The highest BCUT2D eigenvalue weighted by atomic mass is 16.5. The average molecular weight is 341 g/mol. The van der Waals surface area contributed by atoms with Crippen molar-refractivity contribution in [3.8, 4) is 11.5 Å². The Hall–Kier alpha value is -3.61. The minimum Gasteiger partial charge on any atom is -0.478 e. The van der Waals surface area contributed by atoms with Crippen LogP contribution in [0, 0.1) is 0 Å². The number of carboxylic acid groups (broad SMARTS) is 2. The van der Waals surface area contributed by atoms with E-state index >= 15 is 0 Å². The van der Waals surface area contributed by atoms with Gasteiger partial charge < -0.3 is 20.3 Å². The van der Waals surface area contributed by atoms with Gasteiger partial charge in [-0.2, -0.15) is 0 Å². The Morgan fingerprint density at radius 3 is 2.20 bits per heavy atom. The summed E-state index contributed by atoms with van der Waals surface area (Å²) in [5, 5.41) is 20.8. The van der Waals surface area contributed by atoms with Gasteiger partial charge in [-0.3, -0.25) is 4.79 Å². The predicted octanol–water partition coefficient (Wildman–Crippen LogP) is 3.39. The minimum atomic E-state index is -1.37. The lowest BCUT2D eigenvalue weighted by Crippen LogP contribution is -2.11. The molecule has 7 nitrogen and oxygen atoms in total. The molecule has 0 saturated carbocycles. The van der Waals surface area contributed by atoms with Crippen LogP contribution in [0.15, 0.2) is 54.6 Å². The van der Waals surface area contributed by atoms with Crippen molar-refractivity contribution in [1.29, 1.82) is 0 Å². The molecule has 0 aromatic heterocycles. The second kappa shape index (κ2) is 7.31. The molecule has 2 rings (SSSR count). The van der Waals surface area contributed by atoms with E-state index in [4.69, 9.17) is 14.9 Å². The van der Waals surface area contributed by atoms with E-state index < -0.39 is 11.9 Å². The van der Waals surface area contributed by atoms with Crippen molar-refractivity contribution < 1.29 is 29.3 Å². The molecule has 0 unspecified atom stereocenters. The third-order valence-corrected chi connectivity index (χ3v) is 3.17. The normalized spacial score (nSPS) is 9.96. The maximum atomic E-state index is 11.6. The van der Waals surface area contributed by atoms with E-state index in [1.807, 2.05) is 0 Å². The zero-order valence-electron chi connectivity index (χ0n) is 13.3. The van der Waals surface area contributed by atoms with Crippen LogP contribution in [-0.2, 0) is 4.79 Å². The van der Waals surface area contributed by atoms with Gasteiger partial charge in [0.25, 0.3) is 5.91 Å². The first-order chi connectivity index (χ1) is 11.8. The van der Waals surface area contributed by atoms with Crippen LogP contribution >= 0.6 is 0 Å². The van der Waals surface area contributed by atoms with E-state index in [9.17, 15) is 14.4 Å². The van der Waals surface area contributed by atoms with Gasteiger partial charge in [-0.1, -0.05) is 12.6 Å². The van der Waals surface area contributed by atoms with Crippen molar-refractivity contribution in [1.82, 2.24) is 0 Å². The molecule has 25 heavy (non-hydrogen) atoms. The number of ether oxygens (including phenoxy) is 1. The molecule has 2 aromatic rings. The molecule has 0 bridgehead atoms. The van der Waals surface area contributed by atoms with Crippen molar-refractivity contribution >= 4 is 23.5 Å². The van der Waals surface area contributed by atoms with Gasteiger partial charge in [0, 0.05) is 17.3 Å². The van der Waals surface area contributed by atoms with Crippen LogP contribution in [0.25, 0.3) is 0 Å². The maximum Gasteiger partial charge on any atom is 0.336 e. The number of nitrogens with one attached hydrogen (secondary N) is 1. The average Bonchev–Trinajstić information content (AvgIpc) is 2.54. The summed E-state index contributed by atoms with van der Waals surface area (Å²) >= 11 is 0. The smallest absolute Gasteiger partial charge is 0.336 e. The number of aromatic carboxylic acids is 2. The van der Waals surface area contributed by atoms with Crippen LogP contribution in [0.1, 0.15) is 27.6 Å². The molecule has 0 radical (unpaired) electrons. The Labute approximate surface area is 143 Å². The molecule has 0 aliphatic rings. The van der Waals surface area contributed by atoms with Crippen molar-refractivity contribution in [3.05, 3.63) is 65.7 Å². The van der Waals surface area contributed by atoms with Gasteiger partial charge in [0.1, 0.15) is 11.5 Å². The van der Waals surface area contributed by atoms with Gasteiger partial charge in [0.15, 0.2) is 0 Å². The lowest BCUT2D eigenvalue weighted by molar-refractivity contribution is -0.112. The molecule has 0 aliphatic carbocycles. The van der Waals surface area contributed by atoms with Gasteiger partial charge in [0.2, 0.25) is 0 Å². The predicted molar refractivity (Wildman–Crippen MR) is 90.3 cm³/mol. The SMILES string of the molecule is C=C(C)C(=O)Nc1cccc(Oc2ccc(C(=O)O)c(C(=O)O)c2)c1. The highest BCUT2D eigenvalue weighted by Crippen LogP contribution is 2.26. The van der Waals surface area contributed by atoms with E-state index in [1.54, 1.807) is 31.2 Å². The minimum absolute atomic E-state index is 0.158. The second-order valence-corrected chi connectivity index (χ2v) is 5.18. The lowest BCUT2D eigenvalue weighted by Gasteiger charge is -2.10. The van der Waals surface area contributed by atoms with Crippen LogP contribution in [0.4, 0.5) is 5.69 Å². The number of carboxylic acids is 2. The van der Waals surface area contributed by atoms with Gasteiger partial charge >= 0.3 is 11.9 Å². The van der Waals surface area contributed by atoms with Gasteiger partial charge in [-0.25, -0.2) is 9.59 Å². The Balaban J connectivity index is 2.26. The Morgan fingerprint density at radius 2 is 1.60 bits per heavy atom. The Kier molecular flexibility index (Phi) is 5.18. The first kappa shape index (κ1) is 17.7. The standard InChI is InChI=1S/C18H15NO6/c1-10(2)16(20)19-11-4-3-5-12(8-11)25-13-6-7-14(17(21)22)15(9-13)18(23)24/h3-9H,1H2,2H3,(H,19,20)(H,21,22)(H,23,24). The zero-order chi connectivity index (χ0) is 18.6. The van der Waals surface area contributed by atoms with Gasteiger partial charge in [0.05, 0.1) is 11.1 Å². The molecular formula is C18H15NO6. The lowest BCUT2D eigenvalue weighted by atomic mass is 10.1. The summed E-state index contributed by atoms with van der Waals surface area (Å²) in [7, 11) is 0. The number of amides is 1. The number of carbonyl (C=O) groups excluding carboxylic acids is 1. The highest BCUT2D eigenvalue weighted by molar-refractivity contribution is 6.03. The van der Waals surface area contributed by atoms with E-state index in [0.29, 0.717) is 17.0 Å². The highest BCUT2D eigenvalue weighted by Gasteiger charge is 2.17. The van der Waals surface area contributed by atoms with Gasteiger partial charge in [-0.15, -0.1) is 0 Å². The second-order valence-electron chi connectivity index (χ2n) is 5.18. The topological polar surface area (TPSA) is 113 Å². The van der Waals surface area contributed by atoms with E-state index in [-0.39, 0.29) is 22.8 Å². The van der Waals surface area contributed by atoms with Crippen molar-refractivity contribution in [2.24, 2.45) is 0 Å². The summed E-state index contributed by atoms with van der Waals surface area (Å²) in [5.74, 6) is -2.54. The summed E-state index contributed by atoms with van der Waals surface area (Å²) in [6, 6.07) is 10.1. The number of hydrogen-bond donors (Lipinski definition) is 3. The van der Waals surface area contributed by atoms with Crippen LogP contribution in [-0.4, -0.2) is 28.1 Å². The summed E-state index contributed by atoms with van der Waals surface area (Å²) in [5.41, 5.74) is 0.117. The molecule has 1 amide bonds. The summed E-state index contributed by atoms with van der Waals surface area (Å²) < 4.78 is 5.56. The Morgan fingerprint density at radius 1 is 0.960 bits per heavy atom. The van der Waals surface area contributed by atoms with Crippen molar-refractivity contribution in [3.63, 3.8) is 0 Å². The molecule has 0 aliphatic heterocycles. The molecule has 128 valence electrons. The van der Waals surface area contributed by atoms with Crippen LogP contribution in [0.3, 0.4) is 0 Å². The van der Waals surface area contributed by atoms with Crippen LogP contribution in [0.5, 0.6) is 11.5 Å². The van der Waals surface area contributed by atoms with Crippen LogP contribution in [0.2, 0.25) is 0 Å². The number of anilines is 1. The first-order valence-corrected chi connectivity index (χ1v) is 7.13. The fraction of sp³-hybridized carbons (Fsp3) is 0.0556. The third-order valence-electron chi connectivity index (χ3n) is 3.17. The van der Waals surface area contributed by atoms with Gasteiger partial charge in [-0.05, 0) is 37.3 Å². The molecule has 0 fully saturated rings. The largest absolute Gasteiger partial charge is 0.478 e. The summed E-state index contributed by atoms with van der Waals surface area (Å²) in [6.45, 7) is 5.12. The van der Waals surface area contributed by atoms with E-state index in [1.165, 1.54) is 6.07 Å². The monoisotopic (exact) mass is 341 g/mol.